The lowest BCUT2D eigenvalue weighted by Crippen LogP contribution is -2.33. The van der Waals surface area contributed by atoms with E-state index in [1.165, 1.54) is 0 Å². The lowest BCUT2D eigenvalue weighted by molar-refractivity contribution is 0.0781. The Labute approximate surface area is 165 Å². The van der Waals surface area contributed by atoms with Gasteiger partial charge in [0, 0.05) is 58.6 Å². The number of hydrogen-bond donors (Lipinski definition) is 1. The van der Waals surface area contributed by atoms with E-state index in [0.717, 1.165) is 6.42 Å². The van der Waals surface area contributed by atoms with Crippen LogP contribution in [0.2, 0.25) is 0 Å². The van der Waals surface area contributed by atoms with E-state index in [2.05, 4.69) is 15.3 Å². The van der Waals surface area contributed by atoms with Crippen LogP contribution in [-0.2, 0) is 7.05 Å². The molecule has 1 atom stereocenters. The molecule has 1 saturated heterocycles. The molecule has 2 aromatic rings. The Morgan fingerprint density at radius 3 is 2.68 bits per heavy atom. The number of rotatable bonds is 5. The average molecular weight is 384 g/mol. The molecule has 3 heterocycles. The van der Waals surface area contributed by atoms with E-state index in [1.54, 1.807) is 6.20 Å². The molecule has 1 fully saturated rings. The predicted molar refractivity (Wildman–Crippen MR) is 108 cm³/mol. The van der Waals surface area contributed by atoms with Crippen LogP contribution in [0.3, 0.4) is 0 Å². The second kappa shape index (κ2) is 8.00. The topological polar surface area (TPSA) is 83.4 Å². The third-order valence-electron chi connectivity index (χ3n) is 4.89. The number of anilines is 1. The van der Waals surface area contributed by atoms with Crippen LogP contribution >= 0.6 is 0 Å². The van der Waals surface area contributed by atoms with Crippen molar-refractivity contribution in [2.75, 3.05) is 32.1 Å². The second-order valence-corrected chi connectivity index (χ2v) is 7.73. The highest BCUT2D eigenvalue weighted by Crippen LogP contribution is 2.30. The molecule has 1 N–H and O–H groups in total. The molecule has 2 amide bonds. The van der Waals surface area contributed by atoms with Crippen molar-refractivity contribution in [2.45, 2.75) is 32.2 Å². The zero-order valence-corrected chi connectivity index (χ0v) is 17.1. The first-order valence-electron chi connectivity index (χ1n) is 9.53. The first kappa shape index (κ1) is 19.9. The fourth-order valence-corrected chi connectivity index (χ4v) is 3.44. The van der Waals surface area contributed by atoms with Crippen LogP contribution in [0.4, 0.5) is 5.95 Å². The normalized spacial score (nSPS) is 16.5. The van der Waals surface area contributed by atoms with Crippen molar-refractivity contribution < 1.29 is 9.59 Å². The van der Waals surface area contributed by atoms with E-state index in [1.807, 2.05) is 67.7 Å². The summed E-state index contributed by atoms with van der Waals surface area (Å²) in [4.78, 5) is 38.1. The fraction of sp³-hybridized carbons (Fsp3) is 0.500. The summed E-state index contributed by atoms with van der Waals surface area (Å²) < 4.78 is 1.83. The Kier molecular flexibility index (Phi) is 5.67. The molecule has 0 saturated carbocycles. The second-order valence-electron chi connectivity index (χ2n) is 7.73. The molecule has 0 radical (unpaired) electrons. The van der Waals surface area contributed by atoms with Gasteiger partial charge in [0.15, 0.2) is 0 Å². The maximum atomic E-state index is 12.8. The maximum absolute atomic E-state index is 12.8. The molecule has 1 unspecified atom stereocenters. The van der Waals surface area contributed by atoms with Crippen molar-refractivity contribution in [3.05, 3.63) is 41.5 Å². The number of amides is 2. The van der Waals surface area contributed by atoms with Crippen molar-refractivity contribution in [1.82, 2.24) is 24.8 Å². The molecule has 150 valence electrons. The van der Waals surface area contributed by atoms with Gasteiger partial charge in [0.25, 0.3) is 11.8 Å². The van der Waals surface area contributed by atoms with Crippen LogP contribution in [0.15, 0.2) is 24.5 Å². The summed E-state index contributed by atoms with van der Waals surface area (Å²) in [6.07, 6.45) is 4.22. The number of nitrogens with zero attached hydrogens (tertiary/aromatic N) is 5. The van der Waals surface area contributed by atoms with Gasteiger partial charge in [0.1, 0.15) is 5.69 Å². The van der Waals surface area contributed by atoms with Crippen molar-refractivity contribution >= 4 is 17.8 Å². The van der Waals surface area contributed by atoms with Crippen LogP contribution in [-0.4, -0.2) is 64.5 Å². The Bertz CT molecular complexity index is 873. The zero-order valence-electron chi connectivity index (χ0n) is 17.1. The molecule has 0 spiro atoms. The lowest BCUT2D eigenvalue weighted by atomic mass is 9.99. The zero-order chi connectivity index (χ0) is 20.4. The van der Waals surface area contributed by atoms with E-state index in [4.69, 9.17) is 0 Å². The highest BCUT2D eigenvalue weighted by atomic mass is 16.2. The van der Waals surface area contributed by atoms with Gasteiger partial charge in [0.05, 0.1) is 11.3 Å². The molecule has 2 aromatic heterocycles. The van der Waals surface area contributed by atoms with Crippen molar-refractivity contribution in [2.24, 2.45) is 7.05 Å². The molecule has 1 aliphatic rings. The lowest BCUT2D eigenvalue weighted by Gasteiger charge is -2.20. The summed E-state index contributed by atoms with van der Waals surface area (Å²) in [5, 5.41) is 2.92. The summed E-state index contributed by atoms with van der Waals surface area (Å²) in [6, 6.07) is 3.71. The number of aromatic nitrogens is 3. The van der Waals surface area contributed by atoms with Gasteiger partial charge in [-0.05, 0) is 32.4 Å². The maximum Gasteiger partial charge on any atom is 0.270 e. The highest BCUT2D eigenvalue weighted by Gasteiger charge is 2.32. The van der Waals surface area contributed by atoms with Crippen LogP contribution in [0, 0.1) is 0 Å². The monoisotopic (exact) mass is 384 g/mol. The average Bonchev–Trinajstić information content (AvgIpc) is 3.29. The standard InChI is InChI=1S/C20H28N6O2/c1-13(2)22-18(27)15-11-21-20(24(3)4)23-17(15)14-8-10-26(12-14)19(28)16-7-6-9-25(16)5/h6-7,9,11,13-14H,8,10,12H2,1-5H3,(H,22,27). The molecule has 1 aliphatic heterocycles. The minimum absolute atomic E-state index is 0.00108. The number of nitrogens with one attached hydrogen (secondary N) is 1. The van der Waals surface area contributed by atoms with Crippen LogP contribution < -0.4 is 10.2 Å². The number of carbonyl (C=O) groups is 2. The summed E-state index contributed by atoms with van der Waals surface area (Å²) >= 11 is 0. The van der Waals surface area contributed by atoms with Gasteiger partial charge in [-0.2, -0.15) is 0 Å². The van der Waals surface area contributed by atoms with Crippen molar-refractivity contribution in [3.8, 4) is 0 Å². The molecular formula is C20H28N6O2. The minimum Gasteiger partial charge on any atom is -0.350 e. The summed E-state index contributed by atoms with van der Waals surface area (Å²) in [5.41, 5.74) is 1.85. The molecule has 0 bridgehead atoms. The van der Waals surface area contributed by atoms with Crippen LogP contribution in [0.25, 0.3) is 0 Å². The van der Waals surface area contributed by atoms with Gasteiger partial charge in [-0.1, -0.05) is 0 Å². The van der Waals surface area contributed by atoms with Gasteiger partial charge < -0.3 is 19.7 Å². The number of carbonyl (C=O) groups excluding carboxylic acids is 2. The van der Waals surface area contributed by atoms with Gasteiger partial charge in [-0.15, -0.1) is 0 Å². The summed E-state index contributed by atoms with van der Waals surface area (Å²) in [6.45, 7) is 5.02. The first-order valence-corrected chi connectivity index (χ1v) is 9.53. The fourth-order valence-electron chi connectivity index (χ4n) is 3.44. The van der Waals surface area contributed by atoms with E-state index >= 15 is 0 Å². The number of aryl methyl sites for hydroxylation is 1. The van der Waals surface area contributed by atoms with Crippen LogP contribution in [0.5, 0.6) is 0 Å². The van der Waals surface area contributed by atoms with Crippen molar-refractivity contribution in [1.29, 1.82) is 0 Å². The largest absolute Gasteiger partial charge is 0.350 e. The Hall–Kier alpha value is -2.90. The van der Waals surface area contributed by atoms with E-state index in [0.29, 0.717) is 36.0 Å². The third kappa shape index (κ3) is 4.00. The summed E-state index contributed by atoms with van der Waals surface area (Å²) in [5.74, 6) is 0.384. The molecule has 8 nitrogen and oxygen atoms in total. The third-order valence-corrected chi connectivity index (χ3v) is 4.89. The van der Waals surface area contributed by atoms with Crippen molar-refractivity contribution in [3.63, 3.8) is 0 Å². The van der Waals surface area contributed by atoms with Gasteiger partial charge in [0.2, 0.25) is 5.95 Å². The molecule has 28 heavy (non-hydrogen) atoms. The minimum atomic E-state index is -0.178. The molecule has 8 heteroatoms. The van der Waals surface area contributed by atoms with E-state index in [-0.39, 0.29) is 23.8 Å². The Balaban J connectivity index is 1.87. The predicted octanol–water partition coefficient (Wildman–Crippen LogP) is 1.65. The quantitative estimate of drug-likeness (QED) is 0.847. The Morgan fingerprint density at radius 1 is 1.32 bits per heavy atom. The Morgan fingerprint density at radius 2 is 2.07 bits per heavy atom. The smallest absolute Gasteiger partial charge is 0.270 e. The number of likely N-dealkylation sites (tertiary alicyclic amines) is 1. The van der Waals surface area contributed by atoms with Gasteiger partial charge in [-0.3, -0.25) is 9.59 Å². The molecular weight excluding hydrogens is 356 g/mol. The van der Waals surface area contributed by atoms with E-state index in [9.17, 15) is 9.59 Å². The SMILES string of the molecule is CC(C)NC(=O)c1cnc(N(C)C)nc1C1CCN(C(=O)c2cccn2C)C1. The van der Waals surface area contributed by atoms with Gasteiger partial charge in [-0.25, -0.2) is 9.97 Å². The molecule has 0 aliphatic carbocycles. The number of hydrogen-bond acceptors (Lipinski definition) is 5. The first-order chi connectivity index (χ1) is 13.3. The van der Waals surface area contributed by atoms with Crippen LogP contribution in [0.1, 0.15) is 52.7 Å². The molecule has 0 aromatic carbocycles. The summed E-state index contributed by atoms with van der Waals surface area (Å²) in [7, 11) is 5.60. The molecule has 3 rings (SSSR count). The van der Waals surface area contributed by atoms with E-state index < -0.39 is 0 Å². The van der Waals surface area contributed by atoms with Gasteiger partial charge >= 0.3 is 0 Å². The highest BCUT2D eigenvalue weighted by molar-refractivity contribution is 5.96.